The molecule has 3 N–H and O–H groups in total. The highest BCUT2D eigenvalue weighted by molar-refractivity contribution is 7.99. The molecular formula is C18H20N4O3S. The molecule has 0 radical (unpaired) electrons. The molecule has 0 saturated carbocycles. The summed E-state index contributed by atoms with van der Waals surface area (Å²) in [6, 6.07) is 8.54. The number of amides is 2. The molecule has 26 heavy (non-hydrogen) atoms. The Labute approximate surface area is 155 Å². The number of carbonyl (C=O) groups is 2. The van der Waals surface area contributed by atoms with Gasteiger partial charge >= 0.3 is 0 Å². The monoisotopic (exact) mass is 372 g/mol. The fourth-order valence-corrected chi connectivity index (χ4v) is 4.26. The van der Waals surface area contributed by atoms with Crippen molar-refractivity contribution in [2.45, 2.75) is 54.4 Å². The number of aromatic nitrogens is 1. The molecule has 2 aliphatic heterocycles. The summed E-state index contributed by atoms with van der Waals surface area (Å²) in [7, 11) is 0. The maximum absolute atomic E-state index is 12.4. The lowest BCUT2D eigenvalue weighted by molar-refractivity contribution is -0.114. The number of hydrogen-bond donors (Lipinski definition) is 3. The number of fused-ring (bicyclic) bond motifs is 2. The number of carbonyl (C=O) groups excluding carboxylic acids is 2. The predicted molar refractivity (Wildman–Crippen MR) is 97.2 cm³/mol. The van der Waals surface area contributed by atoms with E-state index in [4.69, 9.17) is 4.42 Å². The van der Waals surface area contributed by atoms with E-state index in [1.54, 1.807) is 12.1 Å². The number of anilines is 1. The lowest BCUT2D eigenvalue weighted by Crippen LogP contribution is -2.42. The summed E-state index contributed by atoms with van der Waals surface area (Å²) in [5.41, 5.74) is 0.642. The molecule has 1 aromatic heterocycles. The Morgan fingerprint density at radius 2 is 2.08 bits per heavy atom. The maximum Gasteiger partial charge on any atom is 0.262 e. The summed E-state index contributed by atoms with van der Waals surface area (Å²) in [6.45, 7) is 1.41. The van der Waals surface area contributed by atoms with Crippen molar-refractivity contribution in [3.63, 3.8) is 0 Å². The molecule has 2 amide bonds. The third kappa shape index (κ3) is 3.76. The molecule has 2 bridgehead atoms. The predicted octanol–water partition coefficient (Wildman–Crippen LogP) is 2.41. The quantitative estimate of drug-likeness (QED) is 0.746. The summed E-state index contributed by atoms with van der Waals surface area (Å²) in [4.78, 5) is 28.4. The van der Waals surface area contributed by atoms with Crippen LogP contribution in [-0.2, 0) is 4.79 Å². The minimum atomic E-state index is -0.209. The summed E-state index contributed by atoms with van der Waals surface area (Å²) < 4.78 is 5.43. The van der Waals surface area contributed by atoms with Gasteiger partial charge in [-0.05, 0) is 55.3 Å². The second-order valence-electron chi connectivity index (χ2n) is 6.66. The standard InChI is InChI=1S/C18H20N4O3S/c1-10(23)20-16-9-19-18(25-16)26-13-5-2-11(3-6-13)17(24)22-15-8-12-4-7-14(15)21-12/h2-3,5-6,9,12,14-15,21H,4,7-8H2,1H3,(H,20,23)(H,22,24). The van der Waals surface area contributed by atoms with E-state index in [-0.39, 0.29) is 17.9 Å². The van der Waals surface area contributed by atoms with E-state index in [0.717, 1.165) is 17.7 Å². The first kappa shape index (κ1) is 17.1. The van der Waals surface area contributed by atoms with E-state index >= 15 is 0 Å². The van der Waals surface area contributed by atoms with Crippen LogP contribution in [0.2, 0.25) is 0 Å². The Bertz CT molecular complexity index is 820. The van der Waals surface area contributed by atoms with Crippen LogP contribution >= 0.6 is 11.8 Å². The van der Waals surface area contributed by atoms with Crippen LogP contribution in [-0.4, -0.2) is 34.9 Å². The van der Waals surface area contributed by atoms with Crippen LogP contribution in [0.15, 0.2) is 45.0 Å². The van der Waals surface area contributed by atoms with Crippen molar-refractivity contribution in [3.8, 4) is 0 Å². The van der Waals surface area contributed by atoms with E-state index in [2.05, 4.69) is 20.9 Å². The first-order valence-corrected chi connectivity index (χ1v) is 9.47. The molecule has 7 nitrogen and oxygen atoms in total. The number of nitrogens with one attached hydrogen (secondary N) is 3. The lowest BCUT2D eigenvalue weighted by atomic mass is 9.95. The van der Waals surface area contributed by atoms with E-state index in [9.17, 15) is 9.59 Å². The number of oxazole rings is 1. The van der Waals surface area contributed by atoms with Crippen LogP contribution in [0.4, 0.5) is 5.88 Å². The normalized spacial score (nSPS) is 23.8. The van der Waals surface area contributed by atoms with E-state index in [1.807, 2.05) is 12.1 Å². The average molecular weight is 372 g/mol. The van der Waals surface area contributed by atoms with Crippen LogP contribution in [0.5, 0.6) is 0 Å². The molecule has 3 heterocycles. The largest absolute Gasteiger partial charge is 0.415 e. The zero-order chi connectivity index (χ0) is 18.1. The molecule has 8 heteroatoms. The van der Waals surface area contributed by atoms with Gasteiger partial charge in [0.2, 0.25) is 11.8 Å². The fraction of sp³-hybridized carbons (Fsp3) is 0.389. The van der Waals surface area contributed by atoms with Crippen molar-refractivity contribution < 1.29 is 14.0 Å². The molecule has 2 aromatic rings. The zero-order valence-electron chi connectivity index (χ0n) is 14.3. The summed E-state index contributed by atoms with van der Waals surface area (Å²) in [6.07, 6.45) is 4.84. The van der Waals surface area contributed by atoms with Crippen molar-refractivity contribution in [1.29, 1.82) is 0 Å². The Morgan fingerprint density at radius 3 is 2.73 bits per heavy atom. The molecule has 2 saturated heterocycles. The SMILES string of the molecule is CC(=O)Nc1cnc(Sc2ccc(C(=O)NC3CC4CCC3N4)cc2)o1. The molecular weight excluding hydrogens is 352 g/mol. The van der Waals surface area contributed by atoms with Gasteiger partial charge in [-0.15, -0.1) is 0 Å². The smallest absolute Gasteiger partial charge is 0.262 e. The van der Waals surface area contributed by atoms with E-state index in [1.165, 1.54) is 31.3 Å². The highest BCUT2D eigenvalue weighted by Crippen LogP contribution is 2.30. The number of benzene rings is 1. The third-order valence-corrected chi connectivity index (χ3v) is 5.59. The zero-order valence-corrected chi connectivity index (χ0v) is 15.1. The number of hydrogen-bond acceptors (Lipinski definition) is 6. The van der Waals surface area contributed by atoms with Gasteiger partial charge in [-0.1, -0.05) is 0 Å². The van der Waals surface area contributed by atoms with Crippen LogP contribution in [0.25, 0.3) is 0 Å². The van der Waals surface area contributed by atoms with Gasteiger partial charge in [0.05, 0.1) is 6.20 Å². The highest BCUT2D eigenvalue weighted by atomic mass is 32.2. The fourth-order valence-electron chi connectivity index (χ4n) is 3.55. The summed E-state index contributed by atoms with van der Waals surface area (Å²) >= 11 is 1.33. The van der Waals surface area contributed by atoms with E-state index in [0.29, 0.717) is 28.8 Å². The molecule has 3 unspecified atom stereocenters. The Hall–Kier alpha value is -2.32. The minimum absolute atomic E-state index is 0.0371. The average Bonchev–Trinajstić information content (AvgIpc) is 3.32. The van der Waals surface area contributed by atoms with Crippen molar-refractivity contribution in [2.24, 2.45) is 0 Å². The molecule has 1 aromatic carbocycles. The lowest BCUT2D eigenvalue weighted by Gasteiger charge is -2.21. The summed E-state index contributed by atoms with van der Waals surface area (Å²) in [5, 5.41) is 9.63. The van der Waals surface area contributed by atoms with Gasteiger partial charge in [0.1, 0.15) is 0 Å². The van der Waals surface area contributed by atoms with Crippen LogP contribution in [0.1, 0.15) is 36.5 Å². The van der Waals surface area contributed by atoms with E-state index < -0.39 is 0 Å². The van der Waals surface area contributed by atoms with Crippen LogP contribution in [0.3, 0.4) is 0 Å². The second-order valence-corrected chi connectivity index (χ2v) is 7.69. The van der Waals surface area contributed by atoms with Gasteiger partial charge in [0.25, 0.3) is 11.1 Å². The molecule has 0 aliphatic carbocycles. The molecule has 2 aliphatic rings. The van der Waals surface area contributed by atoms with Gasteiger partial charge in [-0.3, -0.25) is 14.9 Å². The topological polar surface area (TPSA) is 96.3 Å². The molecule has 136 valence electrons. The van der Waals surface area contributed by atoms with Gasteiger partial charge in [-0.2, -0.15) is 0 Å². The first-order chi connectivity index (χ1) is 12.6. The van der Waals surface area contributed by atoms with Gasteiger partial charge in [0.15, 0.2) is 0 Å². The second kappa shape index (κ2) is 7.13. The Balaban J connectivity index is 1.35. The Kier molecular flexibility index (Phi) is 4.69. The molecule has 0 spiro atoms. The van der Waals surface area contributed by atoms with Crippen LogP contribution in [0, 0.1) is 0 Å². The molecule has 3 atom stereocenters. The summed E-state index contributed by atoms with van der Waals surface area (Å²) in [5.74, 6) is 0.0687. The molecule has 2 fully saturated rings. The van der Waals surface area contributed by atoms with Gasteiger partial charge in [-0.25, -0.2) is 4.98 Å². The van der Waals surface area contributed by atoms with Crippen molar-refractivity contribution in [1.82, 2.24) is 15.6 Å². The van der Waals surface area contributed by atoms with Crippen molar-refractivity contribution in [3.05, 3.63) is 36.0 Å². The van der Waals surface area contributed by atoms with Gasteiger partial charge in [0, 0.05) is 35.5 Å². The first-order valence-electron chi connectivity index (χ1n) is 8.65. The van der Waals surface area contributed by atoms with Crippen molar-refractivity contribution in [2.75, 3.05) is 5.32 Å². The van der Waals surface area contributed by atoms with Gasteiger partial charge < -0.3 is 15.1 Å². The van der Waals surface area contributed by atoms with Crippen LogP contribution < -0.4 is 16.0 Å². The third-order valence-electron chi connectivity index (χ3n) is 4.72. The minimum Gasteiger partial charge on any atom is -0.415 e. The molecule has 4 rings (SSSR count). The number of nitrogens with zero attached hydrogens (tertiary/aromatic N) is 1. The van der Waals surface area contributed by atoms with Crippen molar-refractivity contribution >= 4 is 29.5 Å². The maximum atomic E-state index is 12.4. The highest BCUT2D eigenvalue weighted by Gasteiger charge is 2.39. The Morgan fingerprint density at radius 1 is 1.27 bits per heavy atom. The number of rotatable bonds is 5.